The van der Waals surface area contributed by atoms with E-state index in [1.165, 1.54) is 23.1 Å². The van der Waals surface area contributed by atoms with Crippen LogP contribution in [0.2, 0.25) is 0 Å². The van der Waals surface area contributed by atoms with Gasteiger partial charge in [0.1, 0.15) is 13.2 Å². The SMILES string of the molecule is Cc1cccc(C)c1-c1cc2nc(n1)NS(=O)(=O)c1cccc(c1)C(=O)N(CC(=O)N1Cc3ccccc3C1)[C@H](CC(C)(C)C)CO2. The van der Waals surface area contributed by atoms with Crippen molar-refractivity contribution in [3.63, 3.8) is 0 Å². The van der Waals surface area contributed by atoms with Gasteiger partial charge in [0.2, 0.25) is 17.7 Å². The lowest BCUT2D eigenvalue weighted by Gasteiger charge is -2.36. The lowest BCUT2D eigenvalue weighted by Crippen LogP contribution is -2.50. The highest BCUT2D eigenvalue weighted by molar-refractivity contribution is 7.92. The minimum Gasteiger partial charge on any atom is -0.475 e. The summed E-state index contributed by atoms with van der Waals surface area (Å²) >= 11 is 0. The van der Waals surface area contributed by atoms with Crippen molar-refractivity contribution < 1.29 is 22.7 Å². The summed E-state index contributed by atoms with van der Waals surface area (Å²) in [6.45, 7) is 10.9. The number of anilines is 1. The first-order valence-corrected chi connectivity index (χ1v) is 17.1. The van der Waals surface area contributed by atoms with E-state index >= 15 is 0 Å². The van der Waals surface area contributed by atoms with Crippen LogP contribution in [0.25, 0.3) is 11.3 Å². The summed E-state index contributed by atoms with van der Waals surface area (Å²) in [5, 5.41) is 0. The Morgan fingerprint density at radius 2 is 1.60 bits per heavy atom. The third kappa shape index (κ3) is 7.00. The molecular formula is C36H39N5O5S. The molecule has 244 valence electrons. The van der Waals surface area contributed by atoms with E-state index in [0.717, 1.165) is 27.8 Å². The number of aryl methyl sites for hydroxylation is 2. The monoisotopic (exact) mass is 653 g/mol. The molecule has 2 aliphatic rings. The van der Waals surface area contributed by atoms with Crippen LogP contribution in [-0.4, -0.2) is 59.2 Å². The van der Waals surface area contributed by atoms with Crippen molar-refractivity contribution in [1.82, 2.24) is 19.8 Å². The Hall–Kier alpha value is -4.77. The fraction of sp³-hybridized carbons (Fsp3) is 0.333. The highest BCUT2D eigenvalue weighted by atomic mass is 32.2. The summed E-state index contributed by atoms with van der Waals surface area (Å²) < 4.78 is 36.1. The lowest BCUT2D eigenvalue weighted by atomic mass is 9.87. The number of ether oxygens (including phenoxy) is 1. The molecule has 0 saturated heterocycles. The summed E-state index contributed by atoms with van der Waals surface area (Å²) in [4.78, 5) is 40.4. The second-order valence-electron chi connectivity index (χ2n) is 13.5. The van der Waals surface area contributed by atoms with E-state index in [4.69, 9.17) is 4.74 Å². The van der Waals surface area contributed by atoms with Crippen molar-refractivity contribution in [3.05, 3.63) is 101 Å². The van der Waals surface area contributed by atoms with Crippen LogP contribution in [0, 0.1) is 19.3 Å². The highest BCUT2D eigenvalue weighted by Crippen LogP contribution is 2.32. The molecular weight excluding hydrogens is 614 g/mol. The minimum absolute atomic E-state index is 0.0194. The van der Waals surface area contributed by atoms with Crippen LogP contribution in [0.1, 0.15) is 59.8 Å². The summed E-state index contributed by atoms with van der Waals surface area (Å²) in [6, 6.07) is 20.7. The lowest BCUT2D eigenvalue weighted by molar-refractivity contribution is -0.133. The van der Waals surface area contributed by atoms with Crippen LogP contribution in [0.15, 0.2) is 77.7 Å². The summed E-state index contributed by atoms with van der Waals surface area (Å²) in [5.74, 6) is -0.666. The molecule has 1 N–H and O–H groups in total. The maximum Gasteiger partial charge on any atom is 0.264 e. The van der Waals surface area contributed by atoms with Gasteiger partial charge in [-0.15, -0.1) is 0 Å². The fourth-order valence-corrected chi connectivity index (χ4v) is 7.29. The van der Waals surface area contributed by atoms with Gasteiger partial charge in [-0.2, -0.15) is 4.98 Å². The molecule has 4 bridgehead atoms. The van der Waals surface area contributed by atoms with Crippen LogP contribution in [-0.2, 0) is 27.9 Å². The van der Waals surface area contributed by atoms with E-state index in [-0.39, 0.29) is 46.8 Å². The van der Waals surface area contributed by atoms with Crippen LogP contribution in [0.5, 0.6) is 5.88 Å². The number of nitrogens with zero attached hydrogens (tertiary/aromatic N) is 4. The Bertz CT molecular complexity index is 1930. The molecule has 1 aromatic heterocycles. The molecule has 0 saturated carbocycles. The molecule has 3 heterocycles. The van der Waals surface area contributed by atoms with Crippen molar-refractivity contribution in [1.29, 1.82) is 0 Å². The predicted molar refractivity (Wildman–Crippen MR) is 179 cm³/mol. The van der Waals surface area contributed by atoms with Gasteiger partial charge < -0.3 is 14.5 Å². The Balaban J connectivity index is 1.44. The molecule has 2 aliphatic heterocycles. The topological polar surface area (TPSA) is 122 Å². The van der Waals surface area contributed by atoms with E-state index in [9.17, 15) is 18.0 Å². The summed E-state index contributed by atoms with van der Waals surface area (Å²) in [7, 11) is -4.20. The van der Waals surface area contributed by atoms with Crippen LogP contribution >= 0.6 is 0 Å². The average Bonchev–Trinajstić information content (AvgIpc) is 3.45. The van der Waals surface area contributed by atoms with Crippen molar-refractivity contribution in [3.8, 4) is 17.1 Å². The molecule has 10 nitrogen and oxygen atoms in total. The van der Waals surface area contributed by atoms with Gasteiger partial charge >= 0.3 is 0 Å². The number of nitrogens with one attached hydrogen (secondary N) is 1. The van der Waals surface area contributed by atoms with Gasteiger partial charge in [0.25, 0.3) is 15.9 Å². The molecule has 0 unspecified atom stereocenters. The van der Waals surface area contributed by atoms with E-state index < -0.39 is 22.0 Å². The number of fused-ring (bicyclic) bond motifs is 5. The largest absolute Gasteiger partial charge is 0.475 e. The Morgan fingerprint density at radius 3 is 2.26 bits per heavy atom. The van der Waals surface area contributed by atoms with E-state index in [1.807, 2.05) is 56.3 Å². The van der Waals surface area contributed by atoms with Gasteiger partial charge in [-0.1, -0.05) is 69.3 Å². The van der Waals surface area contributed by atoms with Gasteiger partial charge in [-0.25, -0.2) is 18.1 Å². The maximum atomic E-state index is 14.3. The molecule has 11 heteroatoms. The molecule has 1 atom stereocenters. The smallest absolute Gasteiger partial charge is 0.264 e. The zero-order valence-corrected chi connectivity index (χ0v) is 28.1. The average molecular weight is 654 g/mol. The molecule has 0 radical (unpaired) electrons. The number of hydrogen-bond donors (Lipinski definition) is 1. The second kappa shape index (κ2) is 12.4. The van der Waals surface area contributed by atoms with Crippen molar-refractivity contribution in [2.75, 3.05) is 17.9 Å². The Kier molecular flexibility index (Phi) is 8.52. The summed E-state index contributed by atoms with van der Waals surface area (Å²) in [5.41, 5.74) is 5.31. The van der Waals surface area contributed by atoms with Crippen LogP contribution < -0.4 is 9.46 Å². The van der Waals surface area contributed by atoms with Crippen LogP contribution in [0.3, 0.4) is 0 Å². The normalized spacial score (nSPS) is 17.5. The third-order valence-corrected chi connectivity index (χ3v) is 9.86. The van der Waals surface area contributed by atoms with Crippen molar-refractivity contribution in [2.45, 2.75) is 65.1 Å². The number of benzene rings is 3. The van der Waals surface area contributed by atoms with Gasteiger partial charge in [0.15, 0.2) is 0 Å². The molecule has 0 aliphatic carbocycles. The standard InChI is InChI=1S/C36H39N5O5S/c1-23-10-8-11-24(2)33(23)30-17-31-38-35(37-30)39-47(44,45)29-15-9-14-25(16-29)34(43)41(28(22-46-31)18-36(3,4)5)21-32(42)40-19-26-12-6-7-13-27(26)20-40/h6-17,28H,18-22H2,1-5H3,(H,37,38,39)/t28-/m1/s1. The van der Waals surface area contributed by atoms with Gasteiger partial charge in [-0.05, 0) is 66.1 Å². The minimum atomic E-state index is -4.20. The fourth-order valence-electron chi connectivity index (χ4n) is 6.30. The molecule has 47 heavy (non-hydrogen) atoms. The number of amides is 2. The van der Waals surface area contributed by atoms with Gasteiger partial charge in [0.05, 0.1) is 16.6 Å². The van der Waals surface area contributed by atoms with E-state index in [1.54, 1.807) is 17.0 Å². The molecule has 4 aromatic rings. The molecule has 0 spiro atoms. The first kappa shape index (κ1) is 32.2. The third-order valence-electron chi connectivity index (χ3n) is 8.53. The van der Waals surface area contributed by atoms with E-state index in [0.29, 0.717) is 25.2 Å². The first-order valence-electron chi connectivity index (χ1n) is 15.6. The van der Waals surface area contributed by atoms with Gasteiger partial charge in [-0.3, -0.25) is 9.59 Å². The van der Waals surface area contributed by atoms with Crippen molar-refractivity contribution >= 4 is 27.8 Å². The van der Waals surface area contributed by atoms with Gasteiger partial charge in [0, 0.05) is 30.3 Å². The quantitative estimate of drug-likeness (QED) is 0.298. The van der Waals surface area contributed by atoms with E-state index in [2.05, 4.69) is 35.5 Å². The zero-order valence-electron chi connectivity index (χ0n) is 27.3. The first-order chi connectivity index (χ1) is 22.3. The molecule has 2 amide bonds. The number of carbonyl (C=O) groups excluding carboxylic acids is 2. The van der Waals surface area contributed by atoms with Crippen molar-refractivity contribution in [2.24, 2.45) is 5.41 Å². The Labute approximate surface area is 275 Å². The number of sulfonamides is 1. The van der Waals surface area contributed by atoms with Crippen LogP contribution in [0.4, 0.5) is 5.95 Å². The number of carbonyl (C=O) groups is 2. The second-order valence-corrected chi connectivity index (χ2v) is 15.2. The summed E-state index contributed by atoms with van der Waals surface area (Å²) in [6.07, 6.45) is 0.504. The Morgan fingerprint density at radius 1 is 0.936 bits per heavy atom. The molecule has 6 rings (SSSR count). The number of rotatable bonds is 4. The zero-order chi connectivity index (χ0) is 33.5. The number of aromatic nitrogens is 2. The molecule has 3 aromatic carbocycles. The maximum absolute atomic E-state index is 14.3. The predicted octanol–water partition coefficient (Wildman–Crippen LogP) is 5.74. The number of hydrogen-bond acceptors (Lipinski definition) is 7. The molecule has 0 fully saturated rings. The highest BCUT2D eigenvalue weighted by Gasteiger charge is 2.34.